The van der Waals surface area contributed by atoms with Gasteiger partial charge in [0.15, 0.2) is 0 Å². The van der Waals surface area contributed by atoms with Crippen molar-refractivity contribution < 1.29 is 13.2 Å². The number of aromatic nitrogens is 2. The van der Waals surface area contributed by atoms with Crippen molar-refractivity contribution in [3.8, 4) is 0 Å². The lowest BCUT2D eigenvalue weighted by Crippen LogP contribution is -2.49. The first-order valence-corrected chi connectivity index (χ1v) is 11.9. The van der Waals surface area contributed by atoms with Gasteiger partial charge in [-0.2, -0.15) is 4.31 Å². The Labute approximate surface area is 185 Å². The zero-order valence-corrected chi connectivity index (χ0v) is 18.0. The monoisotopic (exact) mass is 450 g/mol. The summed E-state index contributed by atoms with van der Waals surface area (Å²) in [5.74, 6) is -0.414. The second-order valence-corrected chi connectivity index (χ2v) is 10.1. The average Bonchev–Trinajstić information content (AvgIpc) is 2.82. The number of pyridine rings is 2. The maximum atomic E-state index is 13.1. The third-order valence-electron chi connectivity index (χ3n) is 6.14. The zero-order chi connectivity index (χ0) is 22.3. The lowest BCUT2D eigenvalue weighted by Gasteiger charge is -2.42. The first kappa shape index (κ1) is 20.6. The molecule has 32 heavy (non-hydrogen) atoms. The fourth-order valence-corrected chi connectivity index (χ4v) is 6.22. The predicted octanol–water partition coefficient (Wildman–Crippen LogP) is 2.30. The van der Waals surface area contributed by atoms with E-state index in [9.17, 15) is 18.0 Å². The second kappa shape index (κ2) is 7.99. The van der Waals surface area contributed by atoms with E-state index in [1.165, 1.54) is 16.7 Å². The zero-order valence-electron chi connectivity index (χ0n) is 17.2. The summed E-state index contributed by atoms with van der Waals surface area (Å²) >= 11 is 0. The molecule has 1 N–H and O–H groups in total. The van der Waals surface area contributed by atoms with E-state index in [0.717, 1.165) is 12.1 Å². The molecule has 8 nitrogen and oxygen atoms in total. The molecule has 0 saturated carbocycles. The number of carbonyl (C=O) groups is 1. The molecule has 2 bridgehead atoms. The third kappa shape index (κ3) is 3.63. The number of nitrogens with zero attached hydrogens (tertiary/aromatic N) is 3. The molecule has 9 heteroatoms. The molecule has 0 aliphatic carbocycles. The van der Waals surface area contributed by atoms with Crippen molar-refractivity contribution in [3.05, 3.63) is 88.6 Å². The summed E-state index contributed by atoms with van der Waals surface area (Å²) in [6.45, 7) is 1.12. The fraction of sp³-hybridized carbons (Fsp3) is 0.261. The molecule has 2 atom stereocenters. The highest BCUT2D eigenvalue weighted by Crippen LogP contribution is 2.37. The summed E-state index contributed by atoms with van der Waals surface area (Å²) < 4.78 is 29.4. The number of sulfonamides is 1. The summed E-state index contributed by atoms with van der Waals surface area (Å²) in [4.78, 5) is 29.7. The molecule has 2 aliphatic heterocycles. The van der Waals surface area contributed by atoms with E-state index < -0.39 is 10.0 Å². The van der Waals surface area contributed by atoms with Crippen LogP contribution in [0.4, 0.5) is 5.69 Å². The number of carbonyl (C=O) groups excluding carboxylic acids is 1. The number of hydrogen-bond donors (Lipinski definition) is 1. The van der Waals surface area contributed by atoms with E-state index in [0.29, 0.717) is 25.2 Å². The van der Waals surface area contributed by atoms with Gasteiger partial charge < -0.3 is 9.88 Å². The van der Waals surface area contributed by atoms with Gasteiger partial charge in [0.25, 0.3) is 11.5 Å². The Morgan fingerprint density at radius 1 is 0.969 bits per heavy atom. The van der Waals surface area contributed by atoms with Crippen LogP contribution in [0.15, 0.2) is 76.7 Å². The Kier molecular flexibility index (Phi) is 5.15. The van der Waals surface area contributed by atoms with E-state index in [1.54, 1.807) is 53.1 Å². The van der Waals surface area contributed by atoms with Crippen LogP contribution in [-0.2, 0) is 16.6 Å². The molecule has 2 aromatic heterocycles. The van der Waals surface area contributed by atoms with Gasteiger partial charge in [0.1, 0.15) is 5.69 Å². The van der Waals surface area contributed by atoms with Crippen LogP contribution in [0.2, 0.25) is 0 Å². The second-order valence-electron chi connectivity index (χ2n) is 8.21. The van der Waals surface area contributed by atoms with Gasteiger partial charge in [-0.1, -0.05) is 18.2 Å². The minimum atomic E-state index is -3.59. The van der Waals surface area contributed by atoms with Crippen LogP contribution in [0, 0.1) is 5.92 Å². The molecular weight excluding hydrogens is 428 g/mol. The molecule has 3 aromatic rings. The summed E-state index contributed by atoms with van der Waals surface area (Å²) in [5, 5.41) is 2.69. The van der Waals surface area contributed by atoms with Crippen LogP contribution in [0.3, 0.4) is 0 Å². The number of amides is 1. The van der Waals surface area contributed by atoms with Crippen LogP contribution in [0.5, 0.6) is 0 Å². The lowest BCUT2D eigenvalue weighted by atomic mass is 9.84. The molecule has 5 rings (SSSR count). The molecule has 1 saturated heterocycles. The van der Waals surface area contributed by atoms with Crippen LogP contribution in [0.1, 0.15) is 28.4 Å². The van der Waals surface area contributed by atoms with Crippen molar-refractivity contribution >= 4 is 21.6 Å². The highest BCUT2D eigenvalue weighted by Gasteiger charge is 2.39. The first-order chi connectivity index (χ1) is 15.4. The molecule has 164 valence electrons. The summed E-state index contributed by atoms with van der Waals surface area (Å²) in [6.07, 6.45) is 3.87. The molecular formula is C23H22N4O4S. The van der Waals surface area contributed by atoms with Crippen molar-refractivity contribution in [2.45, 2.75) is 23.8 Å². The summed E-state index contributed by atoms with van der Waals surface area (Å²) in [7, 11) is -3.59. The molecule has 0 radical (unpaired) electrons. The van der Waals surface area contributed by atoms with Crippen molar-refractivity contribution in [1.29, 1.82) is 0 Å². The van der Waals surface area contributed by atoms with Gasteiger partial charge in [0.05, 0.1) is 4.90 Å². The smallest absolute Gasteiger partial charge is 0.274 e. The summed E-state index contributed by atoms with van der Waals surface area (Å²) in [5.41, 5.74) is 1.17. The largest absolute Gasteiger partial charge is 0.317 e. The number of piperidine rings is 1. The van der Waals surface area contributed by atoms with Crippen molar-refractivity contribution in [2.75, 3.05) is 18.4 Å². The van der Waals surface area contributed by atoms with Crippen molar-refractivity contribution in [3.63, 3.8) is 0 Å². The normalized spacial score (nSPS) is 20.4. The highest BCUT2D eigenvalue weighted by molar-refractivity contribution is 7.89. The van der Waals surface area contributed by atoms with Crippen molar-refractivity contribution in [1.82, 2.24) is 13.9 Å². The minimum absolute atomic E-state index is 0.0311. The first-order valence-electron chi connectivity index (χ1n) is 10.4. The number of nitrogens with one attached hydrogen (secondary N) is 1. The van der Waals surface area contributed by atoms with E-state index in [-0.39, 0.29) is 33.9 Å². The topological polar surface area (TPSA) is 101 Å². The number of anilines is 1. The van der Waals surface area contributed by atoms with Crippen LogP contribution in [0.25, 0.3) is 0 Å². The Bertz CT molecular complexity index is 1320. The van der Waals surface area contributed by atoms with Gasteiger partial charge in [-0.25, -0.2) is 8.42 Å². The average molecular weight is 451 g/mol. The molecule has 0 unspecified atom stereocenters. The predicted molar refractivity (Wildman–Crippen MR) is 119 cm³/mol. The Morgan fingerprint density at radius 2 is 1.72 bits per heavy atom. The quantitative estimate of drug-likeness (QED) is 0.657. The lowest BCUT2D eigenvalue weighted by molar-refractivity contribution is 0.102. The Hall–Kier alpha value is -3.30. The number of rotatable bonds is 4. The van der Waals surface area contributed by atoms with Gasteiger partial charge >= 0.3 is 0 Å². The molecule has 2 aliphatic rings. The van der Waals surface area contributed by atoms with E-state index >= 15 is 0 Å². The van der Waals surface area contributed by atoms with Crippen molar-refractivity contribution in [2.24, 2.45) is 5.92 Å². The fourth-order valence-electron chi connectivity index (χ4n) is 4.63. The Balaban J connectivity index is 1.41. The maximum Gasteiger partial charge on any atom is 0.274 e. The third-order valence-corrected chi connectivity index (χ3v) is 7.99. The molecule has 0 spiro atoms. The number of fused-ring (bicyclic) bond motifs is 4. The van der Waals surface area contributed by atoms with E-state index in [2.05, 4.69) is 10.3 Å². The van der Waals surface area contributed by atoms with Gasteiger partial charge in [0, 0.05) is 49.2 Å². The van der Waals surface area contributed by atoms with Gasteiger partial charge in [-0.05, 0) is 48.7 Å². The molecule has 1 fully saturated rings. The van der Waals surface area contributed by atoms with Crippen LogP contribution in [-0.4, -0.2) is 41.3 Å². The van der Waals surface area contributed by atoms with Gasteiger partial charge in [-0.15, -0.1) is 0 Å². The number of benzene rings is 1. The van der Waals surface area contributed by atoms with E-state index in [4.69, 9.17) is 0 Å². The number of hydrogen-bond acceptors (Lipinski definition) is 5. The standard InChI is InChI=1S/C23H22N4O4S/c28-22(17-8-10-24-11-9-17)25-20-6-7-21-18-12-16(14-27(21)23(20)29)13-26(15-18)32(30,31)19-4-2-1-3-5-19/h1-11,16,18H,12-15H2,(H,25,28)/t16-,18+/m0/s1. The van der Waals surface area contributed by atoms with Gasteiger partial charge in [0.2, 0.25) is 10.0 Å². The molecule has 1 aromatic carbocycles. The molecule has 4 heterocycles. The van der Waals surface area contributed by atoms with Crippen LogP contribution < -0.4 is 10.9 Å². The molecule has 1 amide bonds. The van der Waals surface area contributed by atoms with Gasteiger partial charge in [-0.3, -0.25) is 14.6 Å². The minimum Gasteiger partial charge on any atom is -0.317 e. The van der Waals surface area contributed by atoms with E-state index in [1.807, 2.05) is 6.07 Å². The highest BCUT2D eigenvalue weighted by atomic mass is 32.2. The summed E-state index contributed by atoms with van der Waals surface area (Å²) in [6, 6.07) is 15.0. The van der Waals surface area contributed by atoms with Crippen LogP contribution >= 0.6 is 0 Å². The Morgan fingerprint density at radius 3 is 2.47 bits per heavy atom. The maximum absolute atomic E-state index is 13.1. The SMILES string of the molecule is O=C(Nc1ccc2n(c1=O)C[C@H]1C[C@@H]2CN(S(=O)(=O)c2ccccc2)C1)c1ccncc1.